The summed E-state index contributed by atoms with van der Waals surface area (Å²) >= 11 is 3.36. The van der Waals surface area contributed by atoms with Gasteiger partial charge in [0.15, 0.2) is 0 Å². The summed E-state index contributed by atoms with van der Waals surface area (Å²) in [5.41, 5.74) is 1.14. The Kier molecular flexibility index (Phi) is 3.58. The van der Waals surface area contributed by atoms with Crippen molar-refractivity contribution in [3.8, 4) is 11.6 Å². The zero-order valence-electron chi connectivity index (χ0n) is 9.57. The van der Waals surface area contributed by atoms with Gasteiger partial charge >= 0.3 is 0 Å². The summed E-state index contributed by atoms with van der Waals surface area (Å²) in [6.07, 6.45) is 1.66. The van der Waals surface area contributed by atoms with E-state index < -0.39 is 0 Å². The summed E-state index contributed by atoms with van der Waals surface area (Å²) in [6.45, 7) is 2.01. The molecule has 4 nitrogen and oxygen atoms in total. The third-order valence-electron chi connectivity index (χ3n) is 2.14. The largest absolute Gasteiger partial charge is 0.438 e. The van der Waals surface area contributed by atoms with Gasteiger partial charge in [-0.15, -0.1) is 0 Å². The zero-order chi connectivity index (χ0) is 12.3. The van der Waals surface area contributed by atoms with E-state index in [2.05, 4.69) is 31.2 Å². The molecule has 0 radical (unpaired) electrons. The molecule has 0 fully saturated rings. The van der Waals surface area contributed by atoms with Gasteiger partial charge in [0.1, 0.15) is 5.75 Å². The summed E-state index contributed by atoms with van der Waals surface area (Å²) in [7, 11) is 1.76. The molecule has 0 aliphatic rings. The number of benzene rings is 1. The summed E-state index contributed by atoms with van der Waals surface area (Å²) in [5.74, 6) is 1.78. The van der Waals surface area contributed by atoms with Crippen molar-refractivity contribution in [1.29, 1.82) is 0 Å². The minimum Gasteiger partial charge on any atom is -0.438 e. The molecule has 0 atom stereocenters. The van der Waals surface area contributed by atoms with Gasteiger partial charge in [0.25, 0.3) is 0 Å². The van der Waals surface area contributed by atoms with Crippen LogP contribution in [0.3, 0.4) is 0 Å². The van der Waals surface area contributed by atoms with Gasteiger partial charge in [0.2, 0.25) is 11.8 Å². The fourth-order valence-corrected chi connectivity index (χ4v) is 1.61. The summed E-state index contributed by atoms with van der Waals surface area (Å²) < 4.78 is 6.41. The Bertz CT molecular complexity index is 531. The topological polar surface area (TPSA) is 47.0 Å². The number of aromatic nitrogens is 2. The minimum absolute atomic E-state index is 0.495. The lowest BCUT2D eigenvalue weighted by atomic mass is 10.2. The summed E-state index contributed by atoms with van der Waals surface area (Å²) in [6, 6.07) is 7.80. The molecule has 88 valence electrons. The highest BCUT2D eigenvalue weighted by molar-refractivity contribution is 9.10. The van der Waals surface area contributed by atoms with Crippen molar-refractivity contribution in [1.82, 2.24) is 9.97 Å². The Labute approximate surface area is 108 Å². The average molecular weight is 294 g/mol. The quantitative estimate of drug-likeness (QED) is 0.942. The van der Waals surface area contributed by atoms with Crippen LogP contribution in [0.25, 0.3) is 0 Å². The lowest BCUT2D eigenvalue weighted by Crippen LogP contribution is -1.98. The molecule has 0 spiro atoms. The normalized spacial score (nSPS) is 10.1. The number of ether oxygens (including phenoxy) is 1. The van der Waals surface area contributed by atoms with Crippen molar-refractivity contribution >= 4 is 21.9 Å². The number of nitrogens with one attached hydrogen (secondary N) is 1. The van der Waals surface area contributed by atoms with Crippen molar-refractivity contribution in [3.63, 3.8) is 0 Å². The van der Waals surface area contributed by atoms with Crippen LogP contribution >= 0.6 is 15.9 Å². The van der Waals surface area contributed by atoms with Crippen LogP contribution < -0.4 is 10.1 Å². The van der Waals surface area contributed by atoms with Gasteiger partial charge in [-0.25, -0.2) is 4.98 Å². The van der Waals surface area contributed by atoms with E-state index in [0.717, 1.165) is 15.8 Å². The molecule has 1 heterocycles. The first-order valence-corrected chi connectivity index (χ1v) is 5.93. The van der Waals surface area contributed by atoms with E-state index >= 15 is 0 Å². The molecule has 1 aromatic carbocycles. The Hall–Kier alpha value is -1.62. The highest BCUT2D eigenvalue weighted by Crippen LogP contribution is 2.28. The van der Waals surface area contributed by atoms with Crippen LogP contribution in [0.2, 0.25) is 0 Å². The molecule has 0 aliphatic carbocycles. The molecule has 0 amide bonds. The zero-order valence-corrected chi connectivity index (χ0v) is 11.2. The summed E-state index contributed by atoms with van der Waals surface area (Å²) in [4.78, 5) is 8.29. The van der Waals surface area contributed by atoms with E-state index in [1.807, 2.05) is 31.2 Å². The maximum Gasteiger partial charge on any atom is 0.238 e. The number of anilines is 1. The second kappa shape index (κ2) is 5.14. The number of nitrogens with zero attached hydrogens (tertiary/aromatic N) is 2. The number of hydrogen-bond donors (Lipinski definition) is 1. The monoisotopic (exact) mass is 293 g/mol. The fraction of sp³-hybridized carbons (Fsp3) is 0.167. The van der Waals surface area contributed by atoms with Gasteiger partial charge in [-0.05, 0) is 40.5 Å². The molecular weight excluding hydrogens is 282 g/mol. The molecule has 0 bridgehead atoms. The fourth-order valence-electron chi connectivity index (χ4n) is 1.33. The van der Waals surface area contributed by atoms with Crippen LogP contribution in [0.1, 0.15) is 5.56 Å². The van der Waals surface area contributed by atoms with E-state index in [1.54, 1.807) is 13.2 Å². The van der Waals surface area contributed by atoms with Crippen LogP contribution in [0, 0.1) is 6.92 Å². The third-order valence-corrected chi connectivity index (χ3v) is 2.68. The van der Waals surface area contributed by atoms with E-state index in [-0.39, 0.29) is 0 Å². The van der Waals surface area contributed by atoms with E-state index in [9.17, 15) is 0 Å². The van der Waals surface area contributed by atoms with Crippen LogP contribution in [0.15, 0.2) is 34.9 Å². The molecule has 1 aromatic heterocycles. The number of hydrogen-bond acceptors (Lipinski definition) is 4. The van der Waals surface area contributed by atoms with Crippen molar-refractivity contribution < 1.29 is 4.74 Å². The standard InChI is InChI=1S/C12H12BrN3O/c1-8-4-3-5-9(6-8)17-11-10(13)7-15-12(14-2)16-11/h3-7H,1-2H3,(H,14,15,16). The lowest BCUT2D eigenvalue weighted by Gasteiger charge is -2.08. The van der Waals surface area contributed by atoms with Gasteiger partial charge in [-0.3, -0.25) is 0 Å². The van der Waals surface area contributed by atoms with Gasteiger partial charge in [0.05, 0.1) is 10.7 Å². The van der Waals surface area contributed by atoms with Crippen molar-refractivity contribution in [2.24, 2.45) is 0 Å². The predicted octanol–water partition coefficient (Wildman–Crippen LogP) is 3.38. The molecule has 0 saturated heterocycles. The molecule has 17 heavy (non-hydrogen) atoms. The first-order chi connectivity index (χ1) is 8.19. The van der Waals surface area contributed by atoms with Gasteiger partial charge in [0, 0.05) is 7.05 Å². The van der Waals surface area contributed by atoms with Crippen LogP contribution in [0.4, 0.5) is 5.95 Å². The Morgan fingerprint density at radius 1 is 1.35 bits per heavy atom. The molecular formula is C12H12BrN3O. The number of aryl methyl sites for hydroxylation is 1. The Morgan fingerprint density at radius 3 is 2.88 bits per heavy atom. The number of rotatable bonds is 3. The first-order valence-electron chi connectivity index (χ1n) is 5.14. The maximum absolute atomic E-state index is 5.69. The molecule has 0 aliphatic heterocycles. The van der Waals surface area contributed by atoms with Crippen LogP contribution in [0.5, 0.6) is 11.6 Å². The van der Waals surface area contributed by atoms with Crippen LogP contribution in [-0.4, -0.2) is 17.0 Å². The molecule has 2 aromatic rings. The second-order valence-electron chi connectivity index (χ2n) is 3.52. The third kappa shape index (κ3) is 2.94. The highest BCUT2D eigenvalue weighted by Gasteiger charge is 2.06. The Balaban J connectivity index is 2.29. The van der Waals surface area contributed by atoms with Crippen molar-refractivity contribution in [2.75, 3.05) is 12.4 Å². The smallest absolute Gasteiger partial charge is 0.238 e. The van der Waals surface area contributed by atoms with E-state index in [4.69, 9.17) is 4.74 Å². The van der Waals surface area contributed by atoms with E-state index in [1.165, 1.54) is 0 Å². The predicted molar refractivity (Wildman–Crippen MR) is 70.5 cm³/mol. The first kappa shape index (κ1) is 11.9. The Morgan fingerprint density at radius 2 is 2.18 bits per heavy atom. The molecule has 0 unspecified atom stereocenters. The van der Waals surface area contributed by atoms with Crippen molar-refractivity contribution in [2.45, 2.75) is 6.92 Å². The molecule has 2 rings (SSSR count). The summed E-state index contributed by atoms with van der Waals surface area (Å²) in [5, 5.41) is 2.87. The molecule has 1 N–H and O–H groups in total. The van der Waals surface area contributed by atoms with Gasteiger partial charge < -0.3 is 10.1 Å². The van der Waals surface area contributed by atoms with Crippen LogP contribution in [-0.2, 0) is 0 Å². The second-order valence-corrected chi connectivity index (χ2v) is 4.37. The SMILES string of the molecule is CNc1ncc(Br)c(Oc2cccc(C)c2)n1. The lowest BCUT2D eigenvalue weighted by molar-refractivity contribution is 0.458. The molecule has 5 heteroatoms. The number of halogens is 1. The minimum atomic E-state index is 0.495. The van der Waals surface area contributed by atoms with E-state index in [0.29, 0.717) is 11.8 Å². The maximum atomic E-state index is 5.69. The van der Waals surface area contributed by atoms with Gasteiger partial charge in [-0.2, -0.15) is 4.98 Å². The molecule has 0 saturated carbocycles. The van der Waals surface area contributed by atoms with Gasteiger partial charge in [-0.1, -0.05) is 12.1 Å². The van der Waals surface area contributed by atoms with Crippen molar-refractivity contribution in [3.05, 3.63) is 40.5 Å². The average Bonchev–Trinajstić information content (AvgIpc) is 2.32. The highest BCUT2D eigenvalue weighted by atomic mass is 79.9.